The monoisotopic (exact) mass is 308 g/mol. The molecule has 7 heteroatoms. The molecule has 3 aromatic rings. The molecule has 2 aromatic heterocycles. The van der Waals surface area contributed by atoms with Crippen molar-refractivity contribution in [3.05, 3.63) is 60.7 Å². The first-order valence-electron chi connectivity index (χ1n) is 6.81. The van der Waals surface area contributed by atoms with Crippen LogP contribution in [0.15, 0.2) is 55.1 Å². The summed E-state index contributed by atoms with van der Waals surface area (Å²) in [5.41, 5.74) is 1.82. The quantitative estimate of drug-likeness (QED) is 0.739. The fraction of sp³-hybridized carbons (Fsp3) is 0.0625. The molecule has 0 saturated carbocycles. The Labute approximate surface area is 131 Å². The number of aromatic nitrogens is 3. The van der Waals surface area contributed by atoms with E-state index in [9.17, 15) is 9.59 Å². The van der Waals surface area contributed by atoms with Gasteiger partial charge in [-0.3, -0.25) is 19.7 Å². The summed E-state index contributed by atoms with van der Waals surface area (Å²) in [4.78, 5) is 36.0. The van der Waals surface area contributed by atoms with E-state index in [1.165, 1.54) is 12.4 Å². The minimum Gasteiger partial charge on any atom is -0.452 e. The van der Waals surface area contributed by atoms with Crippen LogP contribution in [0.5, 0.6) is 0 Å². The molecule has 0 aliphatic heterocycles. The minimum atomic E-state index is -0.627. The number of carbonyl (C=O) groups excluding carboxylic acids is 2. The lowest BCUT2D eigenvalue weighted by molar-refractivity contribution is -0.119. The summed E-state index contributed by atoms with van der Waals surface area (Å²) in [6, 6.07) is 8.39. The zero-order valence-electron chi connectivity index (χ0n) is 12.0. The van der Waals surface area contributed by atoms with Gasteiger partial charge in [0.1, 0.15) is 5.52 Å². The van der Waals surface area contributed by atoms with Crippen molar-refractivity contribution in [3.63, 3.8) is 0 Å². The van der Waals surface area contributed by atoms with E-state index >= 15 is 0 Å². The molecule has 7 nitrogen and oxygen atoms in total. The van der Waals surface area contributed by atoms with E-state index < -0.39 is 18.5 Å². The molecule has 1 amide bonds. The summed E-state index contributed by atoms with van der Waals surface area (Å²) in [6.07, 6.45) is 6.13. The van der Waals surface area contributed by atoms with Crippen LogP contribution >= 0.6 is 0 Å². The maximum absolute atomic E-state index is 12.1. The van der Waals surface area contributed by atoms with Gasteiger partial charge in [0, 0.05) is 18.6 Å². The molecule has 0 fully saturated rings. The molecule has 0 atom stereocenters. The van der Waals surface area contributed by atoms with Gasteiger partial charge < -0.3 is 10.1 Å². The number of hydrogen-bond donors (Lipinski definition) is 1. The maximum Gasteiger partial charge on any atom is 0.340 e. The Morgan fingerprint density at radius 3 is 2.74 bits per heavy atom. The highest BCUT2D eigenvalue weighted by atomic mass is 16.5. The third-order valence-electron chi connectivity index (χ3n) is 3.00. The standard InChI is InChI=1S/C16H12N4O3/c21-14(20-11-3-2-6-17-9-11)10-23-16(22)12-4-1-5-13-15(12)19-8-7-18-13/h1-9H,10H2,(H,20,21). The van der Waals surface area contributed by atoms with Gasteiger partial charge in [-0.15, -0.1) is 0 Å². The Kier molecular flexibility index (Phi) is 4.19. The molecule has 0 aliphatic carbocycles. The molecule has 3 rings (SSSR count). The maximum atomic E-state index is 12.1. The molecule has 0 unspecified atom stereocenters. The molecule has 1 N–H and O–H groups in total. The van der Waals surface area contributed by atoms with Gasteiger partial charge in [0.2, 0.25) is 0 Å². The van der Waals surface area contributed by atoms with Gasteiger partial charge in [-0.25, -0.2) is 4.79 Å². The Balaban J connectivity index is 1.66. The normalized spacial score (nSPS) is 10.3. The van der Waals surface area contributed by atoms with Gasteiger partial charge in [0.15, 0.2) is 6.61 Å². The first-order valence-corrected chi connectivity index (χ1v) is 6.81. The molecule has 114 valence electrons. The highest BCUT2D eigenvalue weighted by Crippen LogP contribution is 2.14. The number of carbonyl (C=O) groups is 2. The number of nitrogens with one attached hydrogen (secondary N) is 1. The summed E-state index contributed by atoms with van der Waals surface area (Å²) in [6.45, 7) is -0.398. The highest BCUT2D eigenvalue weighted by molar-refractivity contribution is 6.02. The first-order chi connectivity index (χ1) is 11.2. The van der Waals surface area contributed by atoms with E-state index in [-0.39, 0.29) is 5.56 Å². The molecule has 0 bridgehead atoms. The van der Waals surface area contributed by atoms with Crippen molar-refractivity contribution in [1.82, 2.24) is 15.0 Å². The lowest BCUT2D eigenvalue weighted by Crippen LogP contribution is -2.21. The number of ether oxygens (including phenoxy) is 1. The largest absolute Gasteiger partial charge is 0.452 e. The lowest BCUT2D eigenvalue weighted by Gasteiger charge is -2.07. The number of hydrogen-bond acceptors (Lipinski definition) is 6. The van der Waals surface area contributed by atoms with E-state index in [1.807, 2.05) is 0 Å². The number of para-hydroxylation sites is 1. The number of anilines is 1. The van der Waals surface area contributed by atoms with Gasteiger partial charge in [-0.2, -0.15) is 0 Å². The molecule has 0 saturated heterocycles. The molecule has 0 aliphatic rings. The van der Waals surface area contributed by atoms with Crippen LogP contribution in [0.25, 0.3) is 11.0 Å². The van der Waals surface area contributed by atoms with Crippen molar-refractivity contribution in [2.45, 2.75) is 0 Å². The van der Waals surface area contributed by atoms with E-state index in [0.29, 0.717) is 16.7 Å². The molecular weight excluding hydrogens is 296 g/mol. The smallest absolute Gasteiger partial charge is 0.340 e. The predicted molar refractivity (Wildman–Crippen MR) is 82.7 cm³/mol. The Bertz CT molecular complexity index is 847. The fourth-order valence-electron chi connectivity index (χ4n) is 2.00. The molecule has 0 radical (unpaired) electrons. The number of esters is 1. The van der Waals surface area contributed by atoms with E-state index in [0.717, 1.165) is 0 Å². The lowest BCUT2D eigenvalue weighted by atomic mass is 10.2. The third kappa shape index (κ3) is 3.46. The highest BCUT2D eigenvalue weighted by Gasteiger charge is 2.14. The molecule has 0 spiro atoms. The molecular formula is C16H12N4O3. The summed E-state index contributed by atoms with van der Waals surface area (Å²) < 4.78 is 5.03. The molecule has 2 heterocycles. The number of amides is 1. The second kappa shape index (κ2) is 6.61. The van der Waals surface area contributed by atoms with E-state index in [1.54, 1.807) is 42.7 Å². The third-order valence-corrected chi connectivity index (χ3v) is 3.00. The van der Waals surface area contributed by atoms with Crippen LogP contribution in [0.3, 0.4) is 0 Å². The number of benzene rings is 1. The topological polar surface area (TPSA) is 94.1 Å². The van der Waals surface area contributed by atoms with Gasteiger partial charge in [-0.05, 0) is 24.3 Å². The zero-order chi connectivity index (χ0) is 16.1. The number of pyridine rings is 1. The van der Waals surface area contributed by atoms with Crippen LogP contribution in [0.4, 0.5) is 5.69 Å². The molecule has 1 aromatic carbocycles. The van der Waals surface area contributed by atoms with Crippen molar-refractivity contribution in [2.75, 3.05) is 11.9 Å². The van der Waals surface area contributed by atoms with Crippen LogP contribution in [0.2, 0.25) is 0 Å². The second-order valence-corrected chi connectivity index (χ2v) is 4.60. The zero-order valence-corrected chi connectivity index (χ0v) is 12.0. The van der Waals surface area contributed by atoms with Crippen molar-refractivity contribution in [1.29, 1.82) is 0 Å². The summed E-state index contributed by atoms with van der Waals surface area (Å²) in [5.74, 6) is -1.07. The first kappa shape index (κ1) is 14.6. The van der Waals surface area contributed by atoms with Crippen molar-refractivity contribution in [3.8, 4) is 0 Å². The minimum absolute atomic E-state index is 0.268. The van der Waals surface area contributed by atoms with Crippen LogP contribution in [-0.2, 0) is 9.53 Å². The summed E-state index contributed by atoms with van der Waals surface area (Å²) in [7, 11) is 0. The van der Waals surface area contributed by atoms with Crippen LogP contribution in [0.1, 0.15) is 10.4 Å². The van der Waals surface area contributed by atoms with Crippen LogP contribution < -0.4 is 5.32 Å². The Morgan fingerprint density at radius 2 is 1.91 bits per heavy atom. The Hall–Kier alpha value is -3.35. The second-order valence-electron chi connectivity index (χ2n) is 4.60. The van der Waals surface area contributed by atoms with E-state index in [4.69, 9.17) is 4.74 Å². The van der Waals surface area contributed by atoms with Gasteiger partial charge in [-0.1, -0.05) is 6.07 Å². The predicted octanol–water partition coefficient (Wildman–Crippen LogP) is 1.82. The SMILES string of the molecule is O=C(COC(=O)c1cccc2nccnc12)Nc1cccnc1. The number of rotatable bonds is 4. The van der Waals surface area contributed by atoms with Gasteiger partial charge in [0.05, 0.1) is 23.0 Å². The average molecular weight is 308 g/mol. The van der Waals surface area contributed by atoms with E-state index in [2.05, 4.69) is 20.3 Å². The summed E-state index contributed by atoms with van der Waals surface area (Å²) in [5, 5.41) is 2.58. The van der Waals surface area contributed by atoms with Crippen molar-refractivity contribution < 1.29 is 14.3 Å². The van der Waals surface area contributed by atoms with Crippen molar-refractivity contribution in [2.24, 2.45) is 0 Å². The van der Waals surface area contributed by atoms with Crippen LogP contribution in [-0.4, -0.2) is 33.4 Å². The fourth-order valence-corrected chi connectivity index (χ4v) is 2.00. The van der Waals surface area contributed by atoms with Crippen LogP contribution in [0, 0.1) is 0 Å². The Morgan fingerprint density at radius 1 is 1.04 bits per heavy atom. The van der Waals surface area contributed by atoms with Crippen molar-refractivity contribution >= 4 is 28.6 Å². The van der Waals surface area contributed by atoms with Gasteiger partial charge in [0.25, 0.3) is 5.91 Å². The average Bonchev–Trinajstić information content (AvgIpc) is 2.60. The molecule has 23 heavy (non-hydrogen) atoms. The van der Waals surface area contributed by atoms with Gasteiger partial charge >= 0.3 is 5.97 Å². The summed E-state index contributed by atoms with van der Waals surface area (Å²) >= 11 is 0. The number of fused-ring (bicyclic) bond motifs is 1. The number of nitrogens with zero attached hydrogens (tertiary/aromatic N) is 3.